The van der Waals surface area contributed by atoms with Gasteiger partial charge in [-0.2, -0.15) is 0 Å². The molecule has 0 bridgehead atoms. The van der Waals surface area contributed by atoms with Crippen LogP contribution in [0, 0.1) is 19.7 Å². The molecule has 0 radical (unpaired) electrons. The fourth-order valence-electron chi connectivity index (χ4n) is 3.69. The van der Waals surface area contributed by atoms with Crippen molar-refractivity contribution in [3.8, 4) is 0 Å². The Balaban J connectivity index is 1.75. The molecule has 2 unspecified atom stereocenters. The minimum absolute atomic E-state index is 0.0787. The zero-order chi connectivity index (χ0) is 20.1. The van der Waals surface area contributed by atoms with Gasteiger partial charge in [-0.25, -0.2) is 12.8 Å². The van der Waals surface area contributed by atoms with Crippen molar-refractivity contribution in [1.82, 2.24) is 0 Å². The number of nitrogens with zero attached hydrogens (tertiary/aromatic N) is 2. The van der Waals surface area contributed by atoms with Crippen LogP contribution < -0.4 is 4.90 Å². The lowest BCUT2D eigenvalue weighted by atomic mass is 10.1. The Morgan fingerprint density at radius 1 is 1.21 bits per heavy atom. The first-order valence-corrected chi connectivity index (χ1v) is 12.0. The van der Waals surface area contributed by atoms with Crippen LogP contribution in [0.2, 0.25) is 5.02 Å². The second kappa shape index (κ2) is 7.35. The van der Waals surface area contributed by atoms with E-state index in [1.165, 1.54) is 17.8 Å². The molecule has 0 spiro atoms. The van der Waals surface area contributed by atoms with E-state index in [1.54, 1.807) is 12.1 Å². The number of aliphatic imine (C=N–C) groups is 1. The number of amidine groups is 1. The van der Waals surface area contributed by atoms with Crippen molar-refractivity contribution in [2.45, 2.75) is 31.7 Å². The summed E-state index contributed by atoms with van der Waals surface area (Å²) in [6, 6.07) is 10.5. The summed E-state index contributed by atoms with van der Waals surface area (Å²) in [6.07, 6.45) is 0. The number of benzene rings is 2. The number of anilines is 1. The maximum atomic E-state index is 14.5. The molecule has 4 nitrogen and oxygen atoms in total. The van der Waals surface area contributed by atoms with Gasteiger partial charge in [-0.3, -0.25) is 4.99 Å². The van der Waals surface area contributed by atoms with E-state index >= 15 is 0 Å². The maximum absolute atomic E-state index is 14.5. The first-order chi connectivity index (χ1) is 13.2. The third kappa shape index (κ3) is 3.93. The Labute approximate surface area is 173 Å². The minimum atomic E-state index is -3.03. The van der Waals surface area contributed by atoms with Crippen LogP contribution in [0.5, 0.6) is 0 Å². The predicted octanol–water partition coefficient (Wildman–Crippen LogP) is 4.37. The van der Waals surface area contributed by atoms with Crippen LogP contribution in [-0.4, -0.2) is 36.4 Å². The maximum Gasteiger partial charge on any atom is 0.164 e. The average molecular weight is 439 g/mol. The highest BCUT2D eigenvalue weighted by Gasteiger charge is 2.44. The van der Waals surface area contributed by atoms with Gasteiger partial charge in [0.2, 0.25) is 0 Å². The van der Waals surface area contributed by atoms with E-state index in [-0.39, 0.29) is 35.2 Å². The molecular formula is C20H20ClFN2O2S2. The molecule has 2 atom stereocenters. The van der Waals surface area contributed by atoms with Gasteiger partial charge < -0.3 is 4.90 Å². The molecule has 1 fully saturated rings. The fraction of sp³-hybridized carbons (Fsp3) is 0.350. The van der Waals surface area contributed by atoms with E-state index in [9.17, 15) is 12.8 Å². The van der Waals surface area contributed by atoms with Gasteiger partial charge in [0.25, 0.3) is 0 Å². The standard InChI is InChI=1S/C20H20ClFN2O2S2/c1-12-6-13(2)8-14(7-12)24(9-15-16(21)4-3-5-17(15)22)20-23-18-10-28(25,26)11-19(18)27-20/h3-8,18-19H,9-11H2,1-2H3. The highest BCUT2D eigenvalue weighted by atomic mass is 35.5. The van der Waals surface area contributed by atoms with Crippen molar-refractivity contribution in [3.05, 3.63) is 63.9 Å². The number of halogens is 2. The fourth-order valence-corrected chi connectivity index (χ4v) is 7.69. The second-order valence-electron chi connectivity index (χ2n) is 7.34. The normalized spacial score (nSPS) is 22.8. The third-order valence-electron chi connectivity index (χ3n) is 4.93. The number of aryl methyl sites for hydroxylation is 2. The van der Waals surface area contributed by atoms with E-state index in [1.807, 2.05) is 30.9 Å². The molecule has 2 aromatic rings. The Morgan fingerprint density at radius 3 is 2.57 bits per heavy atom. The Kier molecular flexibility index (Phi) is 5.18. The largest absolute Gasteiger partial charge is 0.317 e. The van der Waals surface area contributed by atoms with Crippen LogP contribution >= 0.6 is 23.4 Å². The van der Waals surface area contributed by atoms with Crippen molar-refractivity contribution in [2.24, 2.45) is 4.99 Å². The van der Waals surface area contributed by atoms with Crippen LogP contribution in [0.4, 0.5) is 10.1 Å². The average Bonchev–Trinajstić information content (AvgIpc) is 3.07. The summed E-state index contributed by atoms with van der Waals surface area (Å²) < 4.78 is 38.3. The first-order valence-electron chi connectivity index (χ1n) is 8.95. The molecule has 0 amide bonds. The summed E-state index contributed by atoms with van der Waals surface area (Å²) in [5.41, 5.74) is 3.47. The van der Waals surface area contributed by atoms with Gasteiger partial charge in [0, 0.05) is 21.5 Å². The monoisotopic (exact) mass is 438 g/mol. The van der Waals surface area contributed by atoms with Gasteiger partial charge in [-0.15, -0.1) is 0 Å². The van der Waals surface area contributed by atoms with Crippen LogP contribution in [0.25, 0.3) is 0 Å². The zero-order valence-electron chi connectivity index (χ0n) is 15.5. The molecule has 28 heavy (non-hydrogen) atoms. The van der Waals surface area contributed by atoms with Gasteiger partial charge in [0.05, 0.1) is 24.1 Å². The lowest BCUT2D eigenvalue weighted by Gasteiger charge is -2.26. The molecule has 0 saturated carbocycles. The van der Waals surface area contributed by atoms with Crippen LogP contribution in [0.1, 0.15) is 16.7 Å². The van der Waals surface area contributed by atoms with Crippen molar-refractivity contribution in [2.75, 3.05) is 16.4 Å². The van der Waals surface area contributed by atoms with Gasteiger partial charge in [-0.1, -0.05) is 35.5 Å². The van der Waals surface area contributed by atoms with E-state index < -0.39 is 9.84 Å². The Bertz CT molecular complexity index is 1030. The molecular weight excluding hydrogens is 419 g/mol. The van der Waals surface area contributed by atoms with Crippen molar-refractivity contribution < 1.29 is 12.8 Å². The molecule has 148 valence electrons. The number of fused-ring (bicyclic) bond motifs is 1. The molecule has 2 aliphatic rings. The summed E-state index contributed by atoms with van der Waals surface area (Å²) in [5, 5.41) is 1.000. The highest BCUT2D eigenvalue weighted by Crippen LogP contribution is 2.38. The predicted molar refractivity (Wildman–Crippen MR) is 115 cm³/mol. The lowest BCUT2D eigenvalue weighted by molar-refractivity contribution is 0.601. The molecule has 2 aromatic carbocycles. The summed E-state index contributed by atoms with van der Waals surface area (Å²) in [7, 11) is -3.03. The quantitative estimate of drug-likeness (QED) is 0.713. The Hall–Kier alpha value is -1.57. The van der Waals surface area contributed by atoms with Crippen molar-refractivity contribution in [1.29, 1.82) is 0 Å². The van der Waals surface area contributed by atoms with E-state index in [0.29, 0.717) is 15.8 Å². The molecule has 0 N–H and O–H groups in total. The van der Waals surface area contributed by atoms with Gasteiger partial charge >= 0.3 is 0 Å². The number of hydrogen-bond donors (Lipinski definition) is 0. The van der Waals surface area contributed by atoms with Crippen molar-refractivity contribution in [3.63, 3.8) is 0 Å². The van der Waals surface area contributed by atoms with E-state index in [2.05, 4.69) is 6.07 Å². The number of hydrogen-bond acceptors (Lipinski definition) is 5. The van der Waals surface area contributed by atoms with Crippen LogP contribution in [0.3, 0.4) is 0 Å². The topological polar surface area (TPSA) is 49.7 Å². The number of thioether (sulfide) groups is 1. The van der Waals surface area contributed by atoms with Gasteiger partial charge in [-0.05, 0) is 49.2 Å². The van der Waals surface area contributed by atoms with Gasteiger partial charge in [0.1, 0.15) is 5.82 Å². The smallest absolute Gasteiger partial charge is 0.164 e. The first kappa shape index (κ1) is 19.7. The van der Waals surface area contributed by atoms with Gasteiger partial charge in [0.15, 0.2) is 15.0 Å². The van der Waals surface area contributed by atoms with E-state index in [0.717, 1.165) is 16.8 Å². The number of sulfone groups is 1. The summed E-state index contributed by atoms with van der Waals surface area (Å²) in [5.74, 6) is -0.153. The molecule has 2 aliphatic heterocycles. The highest BCUT2D eigenvalue weighted by molar-refractivity contribution is 8.15. The van der Waals surface area contributed by atoms with Crippen LogP contribution in [0.15, 0.2) is 41.4 Å². The number of rotatable bonds is 3. The molecule has 1 saturated heterocycles. The summed E-state index contributed by atoms with van der Waals surface area (Å²) in [6.45, 7) is 4.25. The molecule has 4 rings (SSSR count). The summed E-state index contributed by atoms with van der Waals surface area (Å²) >= 11 is 7.73. The third-order valence-corrected chi connectivity index (χ3v) is 8.53. The second-order valence-corrected chi connectivity index (χ2v) is 11.1. The molecule has 0 aromatic heterocycles. The van der Waals surface area contributed by atoms with Crippen molar-refractivity contribution >= 4 is 44.1 Å². The molecule has 8 heteroatoms. The summed E-state index contributed by atoms with van der Waals surface area (Å²) in [4.78, 5) is 6.64. The Morgan fingerprint density at radius 2 is 1.93 bits per heavy atom. The molecule has 0 aliphatic carbocycles. The lowest BCUT2D eigenvalue weighted by Crippen LogP contribution is -2.29. The van der Waals surface area contributed by atoms with Crippen LogP contribution in [-0.2, 0) is 16.4 Å². The molecule has 2 heterocycles. The van der Waals surface area contributed by atoms with E-state index in [4.69, 9.17) is 16.6 Å². The SMILES string of the molecule is Cc1cc(C)cc(N(Cc2c(F)cccc2Cl)C2=NC3CS(=O)(=O)CC3S2)c1. The zero-order valence-corrected chi connectivity index (χ0v) is 17.9. The minimum Gasteiger partial charge on any atom is -0.317 e.